The molecule has 29 heavy (non-hydrogen) atoms. The van der Waals surface area contributed by atoms with E-state index in [1.807, 2.05) is 18.2 Å². The highest BCUT2D eigenvalue weighted by Gasteiger charge is 2.20. The van der Waals surface area contributed by atoms with Gasteiger partial charge in [0.15, 0.2) is 0 Å². The number of piperazine rings is 1. The van der Waals surface area contributed by atoms with Crippen molar-refractivity contribution in [1.29, 1.82) is 0 Å². The van der Waals surface area contributed by atoms with Crippen molar-refractivity contribution in [2.75, 3.05) is 42.5 Å². The number of pyridine rings is 1. The number of allylic oxidation sites excluding steroid dienone is 1. The molecular formula is C22H28N6O. The van der Waals surface area contributed by atoms with E-state index in [9.17, 15) is 4.79 Å². The van der Waals surface area contributed by atoms with E-state index in [0.717, 1.165) is 44.4 Å². The molecule has 2 aliphatic rings. The summed E-state index contributed by atoms with van der Waals surface area (Å²) in [5.74, 6) is 1.63. The van der Waals surface area contributed by atoms with Crippen LogP contribution in [0.5, 0.6) is 0 Å². The monoisotopic (exact) mass is 392 g/mol. The Balaban J connectivity index is 1.25. The van der Waals surface area contributed by atoms with E-state index in [2.05, 4.69) is 36.1 Å². The van der Waals surface area contributed by atoms with Gasteiger partial charge < -0.3 is 15.1 Å². The molecule has 1 aliphatic heterocycles. The quantitative estimate of drug-likeness (QED) is 0.762. The summed E-state index contributed by atoms with van der Waals surface area (Å²) in [4.78, 5) is 29.9. The Hall–Kier alpha value is -2.96. The molecule has 0 aromatic carbocycles. The van der Waals surface area contributed by atoms with E-state index in [1.165, 1.54) is 31.3 Å². The minimum Gasteiger partial charge on any atom is -0.353 e. The molecule has 1 amide bonds. The molecule has 2 aromatic rings. The number of aromatic nitrogens is 3. The Morgan fingerprint density at radius 1 is 1.00 bits per heavy atom. The summed E-state index contributed by atoms with van der Waals surface area (Å²) in [5.41, 5.74) is 2.09. The average Bonchev–Trinajstić information content (AvgIpc) is 2.80. The maximum atomic E-state index is 12.4. The number of carbonyl (C=O) groups excluding carboxylic acids is 1. The van der Waals surface area contributed by atoms with Crippen LogP contribution in [-0.2, 0) is 0 Å². The minimum atomic E-state index is -0.0495. The summed E-state index contributed by atoms with van der Waals surface area (Å²) < 4.78 is 0. The lowest BCUT2D eigenvalue weighted by atomic mass is 9.97. The third kappa shape index (κ3) is 5.10. The summed E-state index contributed by atoms with van der Waals surface area (Å²) in [6.07, 6.45) is 13.4. The van der Waals surface area contributed by atoms with E-state index in [0.29, 0.717) is 12.1 Å². The number of carbonyl (C=O) groups is 1. The highest BCUT2D eigenvalue weighted by atomic mass is 16.1. The van der Waals surface area contributed by atoms with Gasteiger partial charge in [-0.2, -0.15) is 0 Å². The molecule has 0 unspecified atom stereocenters. The van der Waals surface area contributed by atoms with Gasteiger partial charge in [0.2, 0.25) is 5.95 Å². The predicted molar refractivity (Wildman–Crippen MR) is 114 cm³/mol. The van der Waals surface area contributed by atoms with Gasteiger partial charge in [-0.25, -0.2) is 15.0 Å². The summed E-state index contributed by atoms with van der Waals surface area (Å²) in [6, 6.07) is 5.63. The van der Waals surface area contributed by atoms with Crippen LogP contribution in [0.4, 0.5) is 11.8 Å². The van der Waals surface area contributed by atoms with Gasteiger partial charge in [0.1, 0.15) is 5.82 Å². The molecule has 152 valence electrons. The van der Waals surface area contributed by atoms with Gasteiger partial charge in [-0.15, -0.1) is 0 Å². The van der Waals surface area contributed by atoms with Crippen molar-refractivity contribution in [3.63, 3.8) is 0 Å². The number of amides is 1. The molecule has 7 heteroatoms. The summed E-state index contributed by atoms with van der Waals surface area (Å²) in [5, 5.41) is 3.02. The minimum absolute atomic E-state index is 0.0495. The number of nitrogens with one attached hydrogen (secondary N) is 1. The van der Waals surface area contributed by atoms with E-state index >= 15 is 0 Å². The van der Waals surface area contributed by atoms with Gasteiger partial charge in [0.05, 0.1) is 5.56 Å². The second-order valence-electron chi connectivity index (χ2n) is 7.54. The maximum absolute atomic E-state index is 12.4. The van der Waals surface area contributed by atoms with Gasteiger partial charge in [-0.1, -0.05) is 11.6 Å². The molecule has 2 aromatic heterocycles. The van der Waals surface area contributed by atoms with E-state index in [1.54, 1.807) is 18.6 Å². The Kier molecular flexibility index (Phi) is 6.34. The molecule has 1 saturated heterocycles. The SMILES string of the molecule is O=C(NCCC1=CCCCC1)c1ccc(N2CCN(c3ncccn3)CC2)nc1. The Labute approximate surface area is 171 Å². The van der Waals surface area contributed by atoms with Crippen LogP contribution in [-0.4, -0.2) is 53.6 Å². The van der Waals surface area contributed by atoms with Crippen molar-refractivity contribution < 1.29 is 4.79 Å². The van der Waals surface area contributed by atoms with Crippen molar-refractivity contribution >= 4 is 17.7 Å². The lowest BCUT2D eigenvalue weighted by Crippen LogP contribution is -2.47. The van der Waals surface area contributed by atoms with Gasteiger partial charge in [-0.05, 0) is 50.3 Å². The lowest BCUT2D eigenvalue weighted by molar-refractivity contribution is 0.0953. The number of nitrogens with zero attached hydrogens (tertiary/aromatic N) is 5. The number of hydrogen-bond donors (Lipinski definition) is 1. The molecule has 0 atom stereocenters. The highest BCUT2D eigenvalue weighted by molar-refractivity contribution is 5.94. The van der Waals surface area contributed by atoms with Crippen molar-refractivity contribution in [1.82, 2.24) is 20.3 Å². The van der Waals surface area contributed by atoms with Gasteiger partial charge in [-0.3, -0.25) is 4.79 Å². The first kappa shape index (κ1) is 19.4. The number of rotatable bonds is 6. The zero-order chi connectivity index (χ0) is 19.9. The topological polar surface area (TPSA) is 74.2 Å². The van der Waals surface area contributed by atoms with Crippen LogP contribution in [0.15, 0.2) is 48.4 Å². The van der Waals surface area contributed by atoms with Crippen LogP contribution >= 0.6 is 0 Å². The summed E-state index contributed by atoms with van der Waals surface area (Å²) in [7, 11) is 0. The largest absolute Gasteiger partial charge is 0.353 e. The molecule has 0 radical (unpaired) electrons. The van der Waals surface area contributed by atoms with Crippen molar-refractivity contribution in [2.45, 2.75) is 32.1 Å². The van der Waals surface area contributed by atoms with Gasteiger partial charge in [0.25, 0.3) is 5.91 Å². The molecule has 1 N–H and O–H groups in total. The normalized spacial score (nSPS) is 17.0. The van der Waals surface area contributed by atoms with E-state index in [-0.39, 0.29) is 5.91 Å². The fraction of sp³-hybridized carbons (Fsp3) is 0.455. The second kappa shape index (κ2) is 9.49. The molecule has 0 bridgehead atoms. The Bertz CT molecular complexity index is 828. The first-order valence-electron chi connectivity index (χ1n) is 10.5. The third-order valence-corrected chi connectivity index (χ3v) is 5.57. The molecule has 0 spiro atoms. The summed E-state index contributed by atoms with van der Waals surface area (Å²) in [6.45, 7) is 4.10. The third-order valence-electron chi connectivity index (χ3n) is 5.57. The van der Waals surface area contributed by atoms with E-state index < -0.39 is 0 Å². The molecule has 3 heterocycles. The zero-order valence-electron chi connectivity index (χ0n) is 16.8. The van der Waals surface area contributed by atoms with Gasteiger partial charge >= 0.3 is 0 Å². The number of anilines is 2. The second-order valence-corrected chi connectivity index (χ2v) is 7.54. The summed E-state index contributed by atoms with van der Waals surface area (Å²) >= 11 is 0. The maximum Gasteiger partial charge on any atom is 0.252 e. The molecule has 4 rings (SSSR count). The highest BCUT2D eigenvalue weighted by Crippen LogP contribution is 2.20. The van der Waals surface area contributed by atoms with Crippen LogP contribution in [0.25, 0.3) is 0 Å². The average molecular weight is 393 g/mol. The lowest BCUT2D eigenvalue weighted by Gasteiger charge is -2.35. The van der Waals surface area contributed by atoms with E-state index in [4.69, 9.17) is 0 Å². The van der Waals surface area contributed by atoms with Crippen LogP contribution < -0.4 is 15.1 Å². The fourth-order valence-corrected chi connectivity index (χ4v) is 3.87. The van der Waals surface area contributed by atoms with Crippen molar-refractivity contribution in [3.8, 4) is 0 Å². The van der Waals surface area contributed by atoms with Crippen LogP contribution in [0.2, 0.25) is 0 Å². The fourth-order valence-electron chi connectivity index (χ4n) is 3.87. The standard InChI is InChI=1S/C22H28N6O/c29-21(23-12-9-18-5-2-1-3-6-18)19-7-8-20(26-17-19)27-13-15-28(16-14-27)22-24-10-4-11-25-22/h4-5,7-8,10-11,17H,1-3,6,9,12-16H2,(H,23,29). The predicted octanol–water partition coefficient (Wildman–Crippen LogP) is 2.82. The molecule has 0 saturated carbocycles. The Morgan fingerprint density at radius 2 is 1.79 bits per heavy atom. The van der Waals surface area contributed by atoms with Crippen molar-refractivity contribution in [2.24, 2.45) is 0 Å². The molecule has 1 fully saturated rings. The van der Waals surface area contributed by atoms with Crippen LogP contribution in [0.3, 0.4) is 0 Å². The van der Waals surface area contributed by atoms with Crippen LogP contribution in [0, 0.1) is 0 Å². The van der Waals surface area contributed by atoms with Crippen LogP contribution in [0.1, 0.15) is 42.5 Å². The molecule has 1 aliphatic carbocycles. The number of hydrogen-bond acceptors (Lipinski definition) is 6. The molecular weight excluding hydrogens is 364 g/mol. The van der Waals surface area contributed by atoms with Crippen molar-refractivity contribution in [3.05, 3.63) is 54.0 Å². The first-order chi connectivity index (χ1) is 14.3. The van der Waals surface area contributed by atoms with Gasteiger partial charge in [0, 0.05) is 51.3 Å². The first-order valence-corrected chi connectivity index (χ1v) is 10.5. The Morgan fingerprint density at radius 3 is 2.48 bits per heavy atom. The smallest absolute Gasteiger partial charge is 0.252 e. The zero-order valence-corrected chi connectivity index (χ0v) is 16.8. The molecule has 7 nitrogen and oxygen atoms in total.